The molecule has 0 spiro atoms. The van der Waals surface area contributed by atoms with E-state index in [9.17, 15) is 26.3 Å². The Kier molecular flexibility index (Phi) is 5.68. The van der Waals surface area contributed by atoms with Crippen LogP contribution >= 0.6 is 0 Å². The molecular weight excluding hydrogens is 500 g/mol. The van der Waals surface area contributed by atoms with Crippen LogP contribution in [-0.4, -0.2) is 45.4 Å². The molecule has 0 unspecified atom stereocenters. The highest BCUT2D eigenvalue weighted by Gasteiger charge is 2.43. The Bertz CT molecular complexity index is 1310. The topological polar surface area (TPSA) is 62.1 Å². The smallest absolute Gasteiger partial charge is 0.371 e. The van der Waals surface area contributed by atoms with Gasteiger partial charge in [-0.2, -0.15) is 18.2 Å². The van der Waals surface area contributed by atoms with Gasteiger partial charge in [-0.1, -0.05) is 0 Å². The third-order valence-electron chi connectivity index (χ3n) is 7.48. The van der Waals surface area contributed by atoms with Gasteiger partial charge in [0.05, 0.1) is 5.69 Å². The molecule has 1 saturated carbocycles. The average molecular weight is 523 g/mol. The van der Waals surface area contributed by atoms with E-state index in [4.69, 9.17) is 0 Å². The molecule has 6 rings (SSSR count). The quantitative estimate of drug-likeness (QED) is 0.385. The number of halogens is 6. The Morgan fingerprint density at radius 3 is 2.43 bits per heavy atom. The first-order chi connectivity index (χ1) is 17.7. The molecule has 4 heterocycles. The largest absolute Gasteiger partial charge is 0.433 e. The van der Waals surface area contributed by atoms with Crippen molar-refractivity contribution in [3.63, 3.8) is 0 Å². The van der Waals surface area contributed by atoms with Crippen molar-refractivity contribution in [2.45, 2.75) is 38.0 Å². The maximum atomic E-state index is 14.5. The molecule has 2 fully saturated rings. The minimum absolute atomic E-state index is 0.0260. The summed E-state index contributed by atoms with van der Waals surface area (Å²) >= 11 is 0. The van der Waals surface area contributed by atoms with Crippen LogP contribution < -0.4 is 15.1 Å². The first-order valence-corrected chi connectivity index (χ1v) is 12.1. The van der Waals surface area contributed by atoms with E-state index in [1.165, 1.54) is 17.2 Å². The Hall–Kier alpha value is -3.51. The van der Waals surface area contributed by atoms with Gasteiger partial charge in [0, 0.05) is 44.1 Å². The van der Waals surface area contributed by atoms with Gasteiger partial charge in [-0.15, -0.1) is 5.10 Å². The maximum Gasteiger partial charge on any atom is 0.433 e. The number of nitrogens with one attached hydrogen (secondary N) is 1. The van der Waals surface area contributed by atoms with Gasteiger partial charge in [-0.05, 0) is 55.4 Å². The fourth-order valence-corrected chi connectivity index (χ4v) is 5.76. The number of nitrogens with zero attached hydrogens (tertiary/aromatic N) is 6. The third-order valence-corrected chi connectivity index (χ3v) is 7.48. The predicted octanol–water partition coefficient (Wildman–Crippen LogP) is 4.98. The van der Waals surface area contributed by atoms with E-state index in [0.717, 1.165) is 25.0 Å². The number of aryl methyl sites for hydroxylation is 1. The van der Waals surface area contributed by atoms with Gasteiger partial charge < -0.3 is 15.1 Å². The van der Waals surface area contributed by atoms with Crippen molar-refractivity contribution in [2.24, 2.45) is 11.8 Å². The second kappa shape index (κ2) is 8.80. The summed E-state index contributed by atoms with van der Waals surface area (Å²) in [4.78, 5) is 11.5. The zero-order valence-electron chi connectivity index (χ0n) is 19.5. The highest BCUT2D eigenvalue weighted by atomic mass is 19.4. The molecule has 0 amide bonds. The van der Waals surface area contributed by atoms with Crippen molar-refractivity contribution < 1.29 is 26.3 Å². The minimum Gasteiger partial charge on any atom is -0.371 e. The SMILES string of the molecule is Fc1ccc(N2CCCn3nc(N[C@H]4[C@@H]5CC[C@H]4CN(c4ccnc(C(F)(F)F)c4)C5)nc32)c(F)c1F. The number of hydrogen-bond donors (Lipinski definition) is 1. The van der Waals surface area contributed by atoms with Crippen LogP contribution in [0.5, 0.6) is 0 Å². The molecule has 3 atom stereocenters. The van der Waals surface area contributed by atoms with Crippen LogP contribution in [0.1, 0.15) is 25.0 Å². The molecule has 1 aromatic carbocycles. The third kappa shape index (κ3) is 4.23. The number of pyridine rings is 1. The lowest BCUT2D eigenvalue weighted by Crippen LogP contribution is -2.48. The monoisotopic (exact) mass is 523 g/mol. The molecule has 13 heteroatoms. The fourth-order valence-electron chi connectivity index (χ4n) is 5.76. The van der Waals surface area contributed by atoms with E-state index in [2.05, 4.69) is 20.4 Å². The molecule has 0 radical (unpaired) electrons. The van der Waals surface area contributed by atoms with Gasteiger partial charge in [0.25, 0.3) is 0 Å². The summed E-state index contributed by atoms with van der Waals surface area (Å²) in [5.74, 6) is -3.05. The van der Waals surface area contributed by atoms with Gasteiger partial charge >= 0.3 is 6.18 Å². The number of rotatable bonds is 4. The van der Waals surface area contributed by atoms with Crippen LogP contribution in [0.3, 0.4) is 0 Å². The number of anilines is 4. The molecule has 3 aliphatic rings. The Labute approximate surface area is 208 Å². The number of aromatic nitrogens is 4. The van der Waals surface area contributed by atoms with E-state index in [1.807, 2.05) is 4.90 Å². The van der Waals surface area contributed by atoms with E-state index in [1.54, 1.807) is 10.7 Å². The zero-order valence-corrected chi connectivity index (χ0v) is 19.5. The van der Waals surface area contributed by atoms with Crippen LogP contribution in [0, 0.1) is 29.3 Å². The first-order valence-electron chi connectivity index (χ1n) is 12.1. The van der Waals surface area contributed by atoms with E-state index in [-0.39, 0.29) is 23.6 Å². The molecule has 2 aromatic heterocycles. The van der Waals surface area contributed by atoms with E-state index < -0.39 is 29.3 Å². The van der Waals surface area contributed by atoms with Crippen LogP contribution in [-0.2, 0) is 12.7 Å². The lowest BCUT2D eigenvalue weighted by atomic mass is 9.92. The maximum absolute atomic E-state index is 14.5. The van der Waals surface area contributed by atoms with Gasteiger partial charge in [0.1, 0.15) is 5.69 Å². The lowest BCUT2D eigenvalue weighted by Gasteiger charge is -2.39. The molecular formula is C24H23F6N7. The first kappa shape index (κ1) is 23.9. The number of alkyl halides is 3. The molecule has 1 aliphatic carbocycles. The van der Waals surface area contributed by atoms with Crippen molar-refractivity contribution >= 4 is 23.3 Å². The molecule has 2 bridgehead atoms. The molecule has 2 aliphatic heterocycles. The minimum atomic E-state index is -4.50. The van der Waals surface area contributed by atoms with Gasteiger partial charge in [-0.3, -0.25) is 4.98 Å². The Morgan fingerprint density at radius 1 is 0.946 bits per heavy atom. The van der Waals surface area contributed by atoms with E-state index >= 15 is 0 Å². The number of hydrogen-bond acceptors (Lipinski definition) is 6. The summed E-state index contributed by atoms with van der Waals surface area (Å²) in [6, 6.07) is 4.78. The molecule has 7 nitrogen and oxygen atoms in total. The molecule has 1 saturated heterocycles. The number of fused-ring (bicyclic) bond motifs is 3. The van der Waals surface area contributed by atoms with Crippen molar-refractivity contribution in [3.8, 4) is 0 Å². The van der Waals surface area contributed by atoms with Crippen molar-refractivity contribution in [2.75, 3.05) is 34.8 Å². The highest BCUT2D eigenvalue weighted by Crippen LogP contribution is 2.41. The normalized spacial score (nSPS) is 23.4. The second-order valence-electron chi connectivity index (χ2n) is 9.73. The summed E-state index contributed by atoms with van der Waals surface area (Å²) < 4.78 is 82.8. The Balaban J connectivity index is 1.20. The second-order valence-corrected chi connectivity index (χ2v) is 9.73. The molecule has 196 valence electrons. The average Bonchev–Trinajstić information content (AvgIpc) is 3.38. The summed E-state index contributed by atoms with van der Waals surface area (Å²) in [6.07, 6.45) is -0.877. The van der Waals surface area contributed by atoms with Gasteiger partial charge in [-0.25, -0.2) is 17.9 Å². The summed E-state index contributed by atoms with van der Waals surface area (Å²) in [7, 11) is 0. The highest BCUT2D eigenvalue weighted by molar-refractivity contribution is 5.60. The number of benzene rings is 1. The summed E-state index contributed by atoms with van der Waals surface area (Å²) in [5.41, 5.74) is -0.521. The predicted molar refractivity (Wildman–Crippen MR) is 123 cm³/mol. The fraction of sp³-hybridized carbons (Fsp3) is 0.458. The lowest BCUT2D eigenvalue weighted by molar-refractivity contribution is -0.141. The molecule has 1 N–H and O–H groups in total. The summed E-state index contributed by atoms with van der Waals surface area (Å²) in [5, 5.41) is 7.92. The molecule has 37 heavy (non-hydrogen) atoms. The van der Waals surface area contributed by atoms with Crippen LogP contribution in [0.4, 0.5) is 49.6 Å². The van der Waals surface area contributed by atoms with Crippen molar-refractivity contribution in [1.82, 2.24) is 19.7 Å². The Morgan fingerprint density at radius 2 is 1.70 bits per heavy atom. The molecule has 3 aromatic rings. The van der Waals surface area contributed by atoms with Crippen LogP contribution in [0.2, 0.25) is 0 Å². The van der Waals surface area contributed by atoms with Crippen LogP contribution in [0.25, 0.3) is 0 Å². The van der Waals surface area contributed by atoms with Crippen molar-refractivity contribution in [3.05, 3.63) is 53.6 Å². The standard InChI is InChI=1S/C24H23F6N7/c25-16-4-5-17(20(27)19(16)26)36-8-1-9-37-23(36)33-22(34-37)32-21-13-2-3-14(21)12-35(11-13)15-6-7-31-18(10-15)24(28,29)30/h4-7,10,13-14,21H,1-3,8-9,11-12H2,(H,32,34)/t13-,14+,21+. The van der Waals surface area contributed by atoms with Gasteiger partial charge in [0.15, 0.2) is 17.5 Å². The van der Waals surface area contributed by atoms with Crippen molar-refractivity contribution in [1.29, 1.82) is 0 Å². The van der Waals surface area contributed by atoms with Gasteiger partial charge in [0.2, 0.25) is 11.9 Å². The summed E-state index contributed by atoms with van der Waals surface area (Å²) in [6.45, 7) is 2.07. The van der Waals surface area contributed by atoms with E-state index in [0.29, 0.717) is 50.2 Å². The number of piperidine rings is 1. The zero-order chi connectivity index (χ0) is 25.9. The van der Waals surface area contributed by atoms with Crippen LogP contribution in [0.15, 0.2) is 30.5 Å².